The van der Waals surface area contributed by atoms with Crippen LogP contribution < -0.4 is 10.2 Å². The zero-order chi connectivity index (χ0) is 25.5. The van der Waals surface area contributed by atoms with Crippen LogP contribution >= 0.6 is 0 Å². The Bertz CT molecular complexity index is 1450. The number of aromatic nitrogens is 5. The van der Waals surface area contributed by atoms with E-state index < -0.39 is 11.6 Å². The molecular formula is C26H27F2N7O2. The summed E-state index contributed by atoms with van der Waals surface area (Å²) >= 11 is 0. The second kappa shape index (κ2) is 9.55. The summed E-state index contributed by atoms with van der Waals surface area (Å²) in [6.45, 7) is 0.740. The van der Waals surface area contributed by atoms with Gasteiger partial charge < -0.3 is 15.3 Å². The van der Waals surface area contributed by atoms with Crippen LogP contribution in [0.4, 0.5) is 20.4 Å². The number of carbonyl (C=O) groups is 1. The maximum Gasteiger partial charge on any atom is 0.277 e. The molecule has 1 saturated heterocycles. The average Bonchev–Trinajstić information content (AvgIpc) is 3.68. The smallest absolute Gasteiger partial charge is 0.277 e. The molecule has 1 aliphatic carbocycles. The Balaban J connectivity index is 1.20. The molecule has 3 aromatic heterocycles. The molecule has 6 rings (SSSR count). The maximum atomic E-state index is 14.3. The van der Waals surface area contributed by atoms with Gasteiger partial charge in [-0.15, -0.1) is 5.10 Å². The van der Waals surface area contributed by atoms with E-state index >= 15 is 0 Å². The van der Waals surface area contributed by atoms with Gasteiger partial charge in [-0.25, -0.2) is 13.8 Å². The molecule has 4 heterocycles. The molecule has 37 heavy (non-hydrogen) atoms. The molecule has 9 nitrogen and oxygen atoms in total. The molecule has 1 amide bonds. The molecule has 2 aliphatic rings. The fourth-order valence-electron chi connectivity index (χ4n) is 5.42. The van der Waals surface area contributed by atoms with Crippen LogP contribution in [0.1, 0.15) is 54.2 Å². The Morgan fingerprint density at radius 1 is 1.11 bits per heavy atom. The Hall–Kier alpha value is -3.86. The first-order valence-electron chi connectivity index (χ1n) is 12.5. The van der Waals surface area contributed by atoms with Gasteiger partial charge >= 0.3 is 0 Å². The molecule has 2 N–H and O–H groups in total. The number of aliphatic hydroxyl groups is 1. The number of imidazole rings is 1. The third kappa shape index (κ3) is 4.66. The first-order chi connectivity index (χ1) is 17.9. The van der Waals surface area contributed by atoms with E-state index in [1.807, 2.05) is 12.1 Å². The van der Waals surface area contributed by atoms with E-state index in [1.54, 1.807) is 21.5 Å². The number of carbonyl (C=O) groups excluding carboxylic acids is 1. The van der Waals surface area contributed by atoms with Gasteiger partial charge in [0.2, 0.25) is 0 Å². The number of nitrogens with zero attached hydrogens (tertiary/aromatic N) is 6. The summed E-state index contributed by atoms with van der Waals surface area (Å²) in [4.78, 5) is 19.4. The van der Waals surface area contributed by atoms with Crippen molar-refractivity contribution in [2.75, 3.05) is 16.8 Å². The van der Waals surface area contributed by atoms with Crippen LogP contribution in [-0.4, -0.2) is 54.1 Å². The van der Waals surface area contributed by atoms with Crippen molar-refractivity contribution < 1.29 is 18.7 Å². The van der Waals surface area contributed by atoms with Gasteiger partial charge in [0.15, 0.2) is 17.2 Å². The molecule has 192 valence electrons. The number of rotatable bonds is 6. The number of benzene rings is 1. The number of fused-ring (bicyclic) bond motifs is 1. The summed E-state index contributed by atoms with van der Waals surface area (Å²) in [6.07, 6.45) is 7.29. The highest BCUT2D eigenvalue weighted by Crippen LogP contribution is 2.30. The van der Waals surface area contributed by atoms with Gasteiger partial charge in [0.25, 0.3) is 5.91 Å². The molecule has 2 unspecified atom stereocenters. The Kier molecular flexibility index (Phi) is 6.07. The van der Waals surface area contributed by atoms with Crippen LogP contribution in [0.25, 0.3) is 5.65 Å². The summed E-state index contributed by atoms with van der Waals surface area (Å²) < 4.78 is 31.3. The van der Waals surface area contributed by atoms with Crippen molar-refractivity contribution >= 4 is 23.2 Å². The summed E-state index contributed by atoms with van der Waals surface area (Å²) in [6, 6.07) is 8.92. The third-order valence-electron chi connectivity index (χ3n) is 7.32. The minimum absolute atomic E-state index is 0.0270. The minimum atomic E-state index is -0.454. The monoisotopic (exact) mass is 507 g/mol. The predicted molar refractivity (Wildman–Crippen MR) is 132 cm³/mol. The number of hydrogen-bond acceptors (Lipinski definition) is 6. The summed E-state index contributed by atoms with van der Waals surface area (Å²) in [5.41, 5.74) is 1.18. The van der Waals surface area contributed by atoms with E-state index in [0.717, 1.165) is 44.4 Å². The molecule has 11 heteroatoms. The predicted octanol–water partition coefficient (Wildman–Crippen LogP) is 3.75. The quantitative estimate of drug-likeness (QED) is 0.412. The zero-order valence-electron chi connectivity index (χ0n) is 20.1. The van der Waals surface area contributed by atoms with E-state index in [2.05, 4.69) is 20.3 Å². The molecule has 1 aliphatic heterocycles. The molecule has 3 atom stereocenters. The van der Waals surface area contributed by atoms with Crippen molar-refractivity contribution in [2.45, 2.75) is 56.7 Å². The Labute approximate surface area is 211 Å². The highest BCUT2D eigenvalue weighted by Gasteiger charge is 2.28. The number of hydrogen-bond donors (Lipinski definition) is 2. The first-order valence-corrected chi connectivity index (χ1v) is 12.5. The highest BCUT2D eigenvalue weighted by atomic mass is 19.1. The van der Waals surface area contributed by atoms with Gasteiger partial charge in [-0.3, -0.25) is 9.48 Å². The van der Waals surface area contributed by atoms with Gasteiger partial charge in [-0.2, -0.15) is 9.61 Å². The van der Waals surface area contributed by atoms with Gasteiger partial charge in [-0.05, 0) is 80.5 Å². The van der Waals surface area contributed by atoms with Crippen LogP contribution in [-0.2, 0) is 6.42 Å². The number of aliphatic hydroxyl groups excluding tert-OH is 1. The van der Waals surface area contributed by atoms with Crippen molar-refractivity contribution in [3.63, 3.8) is 0 Å². The number of amides is 1. The van der Waals surface area contributed by atoms with Crippen molar-refractivity contribution in [2.24, 2.45) is 0 Å². The lowest BCUT2D eigenvalue weighted by atomic mass is 10.0. The van der Waals surface area contributed by atoms with Crippen molar-refractivity contribution in [1.82, 2.24) is 24.4 Å². The molecule has 2 fully saturated rings. The topological polar surface area (TPSA) is 101 Å². The fraction of sp³-hybridized carbons (Fsp3) is 0.385. The Morgan fingerprint density at radius 2 is 2.00 bits per heavy atom. The lowest BCUT2D eigenvalue weighted by Crippen LogP contribution is -2.32. The molecule has 0 radical (unpaired) electrons. The second-order valence-corrected chi connectivity index (χ2v) is 9.79. The maximum absolute atomic E-state index is 14.3. The molecule has 0 spiro atoms. The SMILES string of the molecule is O=C(Nc1cnc2ccc(N3CCC[C@@H]3Cc3cc(F)ccc3F)nn12)c1ccn(C2CCC(O)C2)n1. The summed E-state index contributed by atoms with van der Waals surface area (Å²) in [5, 5.41) is 21.8. The lowest BCUT2D eigenvalue weighted by molar-refractivity contribution is 0.102. The van der Waals surface area contributed by atoms with Crippen LogP contribution in [0.15, 0.2) is 48.8 Å². The Morgan fingerprint density at radius 3 is 2.84 bits per heavy atom. The van der Waals surface area contributed by atoms with Crippen molar-refractivity contribution in [3.8, 4) is 0 Å². The summed E-state index contributed by atoms with van der Waals surface area (Å²) in [7, 11) is 0. The van der Waals surface area contributed by atoms with Gasteiger partial charge in [0.1, 0.15) is 17.5 Å². The van der Waals surface area contributed by atoms with Crippen LogP contribution in [0, 0.1) is 11.6 Å². The second-order valence-electron chi connectivity index (χ2n) is 9.79. The summed E-state index contributed by atoms with van der Waals surface area (Å²) in [5.74, 6) is -0.177. The molecule has 4 aromatic rings. The fourth-order valence-corrected chi connectivity index (χ4v) is 5.42. The van der Waals surface area contributed by atoms with Gasteiger partial charge in [-0.1, -0.05) is 0 Å². The van der Waals surface area contributed by atoms with Gasteiger partial charge in [0, 0.05) is 18.8 Å². The standard InChI is InChI=1S/C26H27F2N7O2/c27-17-3-6-21(28)16(12-17)13-18-2-1-10-33(18)24-8-7-23-29-15-25(35(23)32-24)30-26(37)22-9-11-34(31-22)19-4-5-20(36)14-19/h3,6-9,11-12,15,18-20,36H,1-2,4-5,10,13-14H2,(H,30,37)/t18-,19?,20?/m1/s1. The minimum Gasteiger partial charge on any atom is -0.393 e. The average molecular weight is 508 g/mol. The molecule has 1 aromatic carbocycles. The lowest BCUT2D eigenvalue weighted by Gasteiger charge is -2.26. The highest BCUT2D eigenvalue weighted by molar-refractivity contribution is 6.02. The molecule has 1 saturated carbocycles. The third-order valence-corrected chi connectivity index (χ3v) is 7.32. The van der Waals surface area contributed by atoms with Crippen molar-refractivity contribution in [1.29, 1.82) is 0 Å². The first kappa shape index (κ1) is 23.5. The molecular weight excluding hydrogens is 480 g/mol. The van der Waals surface area contributed by atoms with Crippen LogP contribution in [0.3, 0.4) is 0 Å². The number of anilines is 2. The van der Waals surface area contributed by atoms with Gasteiger partial charge in [0.05, 0.1) is 18.3 Å². The van der Waals surface area contributed by atoms with E-state index in [-0.39, 0.29) is 29.8 Å². The van der Waals surface area contributed by atoms with Crippen molar-refractivity contribution in [3.05, 3.63) is 71.7 Å². The van der Waals surface area contributed by atoms with Crippen LogP contribution in [0.5, 0.6) is 0 Å². The van der Waals surface area contributed by atoms with E-state index in [1.165, 1.54) is 12.3 Å². The number of nitrogens with one attached hydrogen (secondary N) is 1. The number of halogens is 2. The van der Waals surface area contributed by atoms with E-state index in [0.29, 0.717) is 35.7 Å². The van der Waals surface area contributed by atoms with E-state index in [9.17, 15) is 18.7 Å². The normalized spacial score (nSPS) is 21.7. The zero-order valence-corrected chi connectivity index (χ0v) is 20.1. The molecule has 0 bridgehead atoms. The van der Waals surface area contributed by atoms with E-state index in [4.69, 9.17) is 5.10 Å². The largest absolute Gasteiger partial charge is 0.393 e. The van der Waals surface area contributed by atoms with Crippen LogP contribution in [0.2, 0.25) is 0 Å².